The smallest absolute Gasteiger partial charge is 0.127 e. The molecule has 0 radical (unpaired) electrons. The van der Waals surface area contributed by atoms with Crippen molar-refractivity contribution in [3.05, 3.63) is 23.0 Å². The maximum absolute atomic E-state index is 13.7. The fourth-order valence-electron chi connectivity index (χ4n) is 2.15. The second kappa shape index (κ2) is 3.85. The van der Waals surface area contributed by atoms with Gasteiger partial charge in [0.1, 0.15) is 5.83 Å². The number of halogens is 1. The van der Waals surface area contributed by atoms with Gasteiger partial charge in [0.2, 0.25) is 0 Å². The van der Waals surface area contributed by atoms with Crippen LogP contribution in [0, 0.1) is 5.92 Å². The molecule has 0 aromatic carbocycles. The van der Waals surface area contributed by atoms with E-state index in [0.29, 0.717) is 11.5 Å². The lowest BCUT2D eigenvalue weighted by Crippen LogP contribution is -2.29. The highest BCUT2D eigenvalue weighted by Gasteiger charge is 2.31. The fourth-order valence-corrected chi connectivity index (χ4v) is 2.15. The summed E-state index contributed by atoms with van der Waals surface area (Å²) in [6.07, 6.45) is 6.25. The zero-order chi connectivity index (χ0) is 10.1. The van der Waals surface area contributed by atoms with Crippen molar-refractivity contribution < 1.29 is 9.50 Å². The van der Waals surface area contributed by atoms with Crippen molar-refractivity contribution in [2.24, 2.45) is 5.92 Å². The average Bonchev–Trinajstić information content (AvgIpc) is 2.06. The molecule has 0 saturated heterocycles. The lowest BCUT2D eigenvalue weighted by molar-refractivity contribution is 0.0899. The maximum atomic E-state index is 13.7. The molecule has 1 saturated carbocycles. The van der Waals surface area contributed by atoms with Gasteiger partial charge in [-0.05, 0) is 44.1 Å². The lowest BCUT2D eigenvalue weighted by atomic mass is 9.77. The summed E-state index contributed by atoms with van der Waals surface area (Å²) in [5.74, 6) is 0.147. The van der Waals surface area contributed by atoms with Gasteiger partial charge < -0.3 is 5.11 Å². The number of hydrogen-bond donors (Lipinski definition) is 1. The summed E-state index contributed by atoms with van der Waals surface area (Å²) in [6.45, 7) is 1.82. The van der Waals surface area contributed by atoms with Gasteiger partial charge in [-0.25, -0.2) is 4.39 Å². The number of aliphatic hydroxyl groups is 1. The van der Waals surface area contributed by atoms with Crippen molar-refractivity contribution in [1.82, 2.24) is 0 Å². The number of hydrogen-bond acceptors (Lipinski definition) is 1. The molecule has 0 bridgehead atoms. The van der Waals surface area contributed by atoms with Crippen LogP contribution in [-0.2, 0) is 0 Å². The first-order valence-corrected chi connectivity index (χ1v) is 5.44. The van der Waals surface area contributed by atoms with E-state index in [0.717, 1.165) is 31.3 Å². The van der Waals surface area contributed by atoms with Crippen molar-refractivity contribution in [2.75, 3.05) is 0 Å². The van der Waals surface area contributed by atoms with Crippen LogP contribution >= 0.6 is 0 Å². The molecule has 0 amide bonds. The second-order valence-electron chi connectivity index (χ2n) is 4.43. The molecular weight excluding hydrogens is 179 g/mol. The molecule has 1 nitrogen and oxygen atoms in total. The first kappa shape index (κ1) is 9.91. The number of rotatable bonds is 2. The molecule has 0 heterocycles. The SMILES string of the molecule is CC1=C(F)C(C(O)C2CCC2)=CCC1. The second-order valence-corrected chi connectivity index (χ2v) is 4.43. The van der Waals surface area contributed by atoms with Crippen molar-refractivity contribution in [3.8, 4) is 0 Å². The molecular formula is C12H17FO. The van der Waals surface area contributed by atoms with Crippen LogP contribution in [0.5, 0.6) is 0 Å². The van der Waals surface area contributed by atoms with Crippen molar-refractivity contribution in [3.63, 3.8) is 0 Å². The van der Waals surface area contributed by atoms with Gasteiger partial charge in [-0.2, -0.15) is 0 Å². The molecule has 14 heavy (non-hydrogen) atoms. The van der Waals surface area contributed by atoms with E-state index < -0.39 is 6.10 Å². The minimum atomic E-state index is -0.556. The fraction of sp³-hybridized carbons (Fsp3) is 0.667. The molecule has 78 valence electrons. The third kappa shape index (κ3) is 1.63. The summed E-state index contributed by atoms with van der Waals surface area (Å²) in [5, 5.41) is 9.94. The van der Waals surface area contributed by atoms with Gasteiger partial charge in [0, 0.05) is 5.57 Å². The van der Waals surface area contributed by atoms with Gasteiger partial charge in [-0.15, -0.1) is 0 Å². The van der Waals surface area contributed by atoms with Crippen LogP contribution in [0.15, 0.2) is 23.0 Å². The summed E-state index contributed by atoms with van der Waals surface area (Å²) < 4.78 is 13.7. The van der Waals surface area contributed by atoms with E-state index in [4.69, 9.17) is 0 Å². The Balaban J connectivity index is 2.12. The summed E-state index contributed by atoms with van der Waals surface area (Å²) >= 11 is 0. The monoisotopic (exact) mass is 196 g/mol. The first-order chi connectivity index (χ1) is 6.70. The van der Waals surface area contributed by atoms with E-state index in [1.807, 2.05) is 13.0 Å². The van der Waals surface area contributed by atoms with Crippen LogP contribution in [0.4, 0.5) is 4.39 Å². The lowest BCUT2D eigenvalue weighted by Gasteiger charge is -2.32. The van der Waals surface area contributed by atoms with Crippen LogP contribution in [0.1, 0.15) is 39.0 Å². The molecule has 1 fully saturated rings. The molecule has 1 N–H and O–H groups in total. The highest BCUT2D eigenvalue weighted by Crippen LogP contribution is 2.37. The zero-order valence-corrected chi connectivity index (χ0v) is 8.59. The van der Waals surface area contributed by atoms with Gasteiger partial charge in [0.25, 0.3) is 0 Å². The summed E-state index contributed by atoms with van der Waals surface area (Å²) in [7, 11) is 0. The molecule has 2 aliphatic rings. The van der Waals surface area contributed by atoms with E-state index in [2.05, 4.69) is 0 Å². The van der Waals surface area contributed by atoms with Gasteiger partial charge in [0.15, 0.2) is 0 Å². The molecule has 1 atom stereocenters. The molecule has 0 aliphatic heterocycles. The molecule has 0 spiro atoms. The van der Waals surface area contributed by atoms with Crippen LogP contribution < -0.4 is 0 Å². The third-order valence-electron chi connectivity index (χ3n) is 3.43. The third-order valence-corrected chi connectivity index (χ3v) is 3.43. The van der Waals surface area contributed by atoms with E-state index in [1.165, 1.54) is 6.42 Å². The van der Waals surface area contributed by atoms with Crippen LogP contribution in [0.2, 0.25) is 0 Å². The van der Waals surface area contributed by atoms with Crippen molar-refractivity contribution >= 4 is 0 Å². The Morgan fingerprint density at radius 1 is 1.50 bits per heavy atom. The summed E-state index contributed by atoms with van der Waals surface area (Å²) in [4.78, 5) is 0. The largest absolute Gasteiger partial charge is 0.388 e. The van der Waals surface area contributed by atoms with Crippen molar-refractivity contribution in [1.29, 1.82) is 0 Å². The zero-order valence-electron chi connectivity index (χ0n) is 8.59. The van der Waals surface area contributed by atoms with Gasteiger partial charge >= 0.3 is 0 Å². The Morgan fingerprint density at radius 3 is 2.79 bits per heavy atom. The van der Waals surface area contributed by atoms with Crippen LogP contribution in [0.25, 0.3) is 0 Å². The molecule has 2 rings (SSSR count). The Labute approximate surface area is 84.3 Å². The molecule has 0 aromatic heterocycles. The number of aliphatic hydroxyl groups excluding tert-OH is 1. The maximum Gasteiger partial charge on any atom is 0.127 e. The van der Waals surface area contributed by atoms with Gasteiger partial charge in [-0.1, -0.05) is 12.5 Å². The minimum absolute atomic E-state index is 0.157. The minimum Gasteiger partial charge on any atom is -0.388 e. The summed E-state index contributed by atoms with van der Waals surface area (Å²) in [6, 6.07) is 0. The normalized spacial score (nSPS) is 25.8. The Morgan fingerprint density at radius 2 is 2.21 bits per heavy atom. The molecule has 1 unspecified atom stereocenters. The van der Waals surface area contributed by atoms with E-state index in [9.17, 15) is 9.50 Å². The first-order valence-electron chi connectivity index (χ1n) is 5.44. The Hall–Kier alpha value is -0.630. The highest BCUT2D eigenvalue weighted by atomic mass is 19.1. The predicted octanol–water partition coefficient (Wildman–Crippen LogP) is 3.11. The van der Waals surface area contributed by atoms with Gasteiger partial charge in [0.05, 0.1) is 6.10 Å². The Kier molecular flexibility index (Phi) is 2.73. The van der Waals surface area contributed by atoms with Crippen LogP contribution in [-0.4, -0.2) is 11.2 Å². The predicted molar refractivity (Wildman–Crippen MR) is 54.5 cm³/mol. The molecule has 2 heteroatoms. The van der Waals surface area contributed by atoms with E-state index in [-0.39, 0.29) is 5.83 Å². The van der Waals surface area contributed by atoms with Crippen LogP contribution in [0.3, 0.4) is 0 Å². The molecule has 2 aliphatic carbocycles. The van der Waals surface area contributed by atoms with Gasteiger partial charge in [-0.3, -0.25) is 0 Å². The molecule has 0 aromatic rings. The average molecular weight is 196 g/mol. The van der Waals surface area contributed by atoms with Crippen molar-refractivity contribution in [2.45, 2.75) is 45.1 Å². The topological polar surface area (TPSA) is 20.2 Å². The Bertz CT molecular complexity index is 287. The highest BCUT2D eigenvalue weighted by molar-refractivity contribution is 5.36. The van der Waals surface area contributed by atoms with E-state index >= 15 is 0 Å². The standard InChI is InChI=1S/C12H17FO/c1-8-4-2-7-10(11(8)13)12(14)9-5-3-6-9/h7,9,12,14H,2-6H2,1H3. The van der Waals surface area contributed by atoms with E-state index in [1.54, 1.807) is 0 Å². The summed E-state index contributed by atoms with van der Waals surface area (Å²) in [5.41, 5.74) is 1.35. The quantitative estimate of drug-likeness (QED) is 0.719. The number of allylic oxidation sites excluding steroid dienone is 2.